The standard InChI is InChI=1S/C34H37F2NO5/c1-17-6-23(41-15-20-12-33(4,39)34(5,40)13-20)7-18(2)30(17)24-9-22(27(35)11-28(24)36)16-42-29-10-21-8-25-31(19(3)38)32(25)26(21)14-37-29/h6-7,9-11,14,20,25,31-32,39-40H,8,12-13,15-16H2,1-5H3/t20?,25-,31-,32+,33-,34+/m0/s1. The summed E-state index contributed by atoms with van der Waals surface area (Å²) >= 11 is 0. The Kier molecular flexibility index (Phi) is 6.93. The Morgan fingerprint density at radius 1 is 1.00 bits per heavy atom. The van der Waals surface area contributed by atoms with Gasteiger partial charge in [-0.2, -0.15) is 0 Å². The van der Waals surface area contributed by atoms with E-state index in [1.807, 2.05) is 32.0 Å². The maximum Gasteiger partial charge on any atom is 0.213 e. The maximum absolute atomic E-state index is 15.1. The van der Waals surface area contributed by atoms with Crippen LogP contribution in [0.2, 0.25) is 0 Å². The van der Waals surface area contributed by atoms with Gasteiger partial charge in [0.2, 0.25) is 5.88 Å². The summed E-state index contributed by atoms with van der Waals surface area (Å²) in [5.74, 6) is 0.562. The lowest BCUT2D eigenvalue weighted by Crippen LogP contribution is -2.44. The summed E-state index contributed by atoms with van der Waals surface area (Å²) in [5.41, 5.74) is 2.57. The fourth-order valence-corrected chi connectivity index (χ4v) is 7.35. The molecule has 1 aromatic heterocycles. The Hall–Kier alpha value is -3.36. The van der Waals surface area contributed by atoms with Crippen LogP contribution in [-0.4, -0.2) is 38.8 Å². The van der Waals surface area contributed by atoms with Crippen molar-refractivity contribution < 1.29 is 33.3 Å². The number of aromatic nitrogens is 1. The molecular weight excluding hydrogens is 540 g/mol. The van der Waals surface area contributed by atoms with Crippen LogP contribution >= 0.6 is 0 Å². The van der Waals surface area contributed by atoms with Gasteiger partial charge in [0.25, 0.3) is 0 Å². The molecule has 0 bridgehead atoms. The minimum absolute atomic E-state index is 0.00398. The highest BCUT2D eigenvalue weighted by atomic mass is 19.1. The Morgan fingerprint density at radius 2 is 1.67 bits per heavy atom. The maximum atomic E-state index is 15.1. The molecule has 2 N–H and O–H groups in total. The number of ether oxygens (including phenoxy) is 2. The Bertz CT molecular complexity index is 1540. The molecule has 3 aliphatic carbocycles. The van der Waals surface area contributed by atoms with Gasteiger partial charge < -0.3 is 19.7 Å². The van der Waals surface area contributed by atoms with Crippen LogP contribution in [0, 0.1) is 43.2 Å². The zero-order chi connectivity index (χ0) is 30.1. The molecule has 6 rings (SSSR count). The number of hydrogen-bond acceptors (Lipinski definition) is 6. The summed E-state index contributed by atoms with van der Waals surface area (Å²) in [6.07, 6.45) is 3.45. The summed E-state index contributed by atoms with van der Waals surface area (Å²) in [4.78, 5) is 16.2. The van der Waals surface area contributed by atoms with Crippen molar-refractivity contribution in [1.29, 1.82) is 0 Å². The molecule has 0 aliphatic heterocycles. The molecule has 0 spiro atoms. The first kappa shape index (κ1) is 28.7. The van der Waals surface area contributed by atoms with Crippen molar-refractivity contribution in [3.05, 3.63) is 76.0 Å². The third kappa shape index (κ3) is 4.98. The van der Waals surface area contributed by atoms with E-state index in [0.29, 0.717) is 42.6 Å². The van der Waals surface area contributed by atoms with Crippen molar-refractivity contribution in [3.63, 3.8) is 0 Å². The van der Waals surface area contributed by atoms with Gasteiger partial charge in [-0.1, -0.05) is 0 Å². The SMILES string of the molecule is CC(=O)[C@H]1[C@@H]2Cc3cc(OCc4cc(-c5c(C)cc(OCC6C[C@](C)(O)[C@](C)(O)C6)cc5C)c(F)cc4F)ncc3[C@@H]21. The van der Waals surface area contributed by atoms with Crippen LogP contribution < -0.4 is 9.47 Å². The quantitative estimate of drug-likeness (QED) is 0.342. The van der Waals surface area contributed by atoms with E-state index in [2.05, 4.69) is 4.98 Å². The molecule has 3 aromatic rings. The van der Waals surface area contributed by atoms with Gasteiger partial charge in [-0.05, 0) is 118 Å². The molecule has 0 radical (unpaired) electrons. The highest BCUT2D eigenvalue weighted by Gasteiger charge is 2.58. The van der Waals surface area contributed by atoms with Crippen LogP contribution in [-0.2, 0) is 17.8 Å². The largest absolute Gasteiger partial charge is 0.493 e. The molecule has 0 amide bonds. The topological polar surface area (TPSA) is 88.9 Å². The van der Waals surface area contributed by atoms with E-state index in [4.69, 9.17) is 9.47 Å². The average molecular weight is 578 g/mol. The number of ketones is 1. The van der Waals surface area contributed by atoms with E-state index in [0.717, 1.165) is 34.7 Å². The summed E-state index contributed by atoms with van der Waals surface area (Å²) in [7, 11) is 0. The first-order valence-electron chi connectivity index (χ1n) is 14.5. The van der Waals surface area contributed by atoms with E-state index in [9.17, 15) is 19.4 Å². The van der Waals surface area contributed by atoms with Gasteiger partial charge in [-0.25, -0.2) is 13.8 Å². The predicted octanol–water partition coefficient (Wildman–Crippen LogP) is 5.99. The van der Waals surface area contributed by atoms with Gasteiger partial charge >= 0.3 is 0 Å². The molecule has 6 atom stereocenters. The number of hydrogen-bond donors (Lipinski definition) is 2. The predicted molar refractivity (Wildman–Crippen MR) is 153 cm³/mol. The number of aryl methyl sites for hydroxylation is 2. The minimum atomic E-state index is -1.17. The molecule has 8 heteroatoms. The number of carbonyl (C=O) groups is 1. The number of benzene rings is 2. The Labute approximate surface area is 244 Å². The van der Waals surface area contributed by atoms with E-state index >= 15 is 4.39 Å². The van der Waals surface area contributed by atoms with Crippen LogP contribution in [0.15, 0.2) is 36.5 Å². The molecule has 2 saturated carbocycles. The molecule has 3 aliphatic rings. The second-order valence-corrected chi connectivity index (χ2v) is 13.0. The second kappa shape index (κ2) is 10.1. The second-order valence-electron chi connectivity index (χ2n) is 13.0. The molecule has 2 fully saturated rings. The van der Waals surface area contributed by atoms with Crippen molar-refractivity contribution in [2.24, 2.45) is 17.8 Å². The zero-order valence-corrected chi connectivity index (χ0v) is 24.6. The van der Waals surface area contributed by atoms with E-state index in [1.54, 1.807) is 27.0 Å². The van der Waals surface area contributed by atoms with Crippen LogP contribution in [0.4, 0.5) is 8.78 Å². The van der Waals surface area contributed by atoms with Gasteiger partial charge in [0.15, 0.2) is 0 Å². The Morgan fingerprint density at radius 3 is 2.31 bits per heavy atom. The fraction of sp³-hybridized carbons (Fsp3) is 0.471. The Balaban J connectivity index is 1.16. The third-order valence-corrected chi connectivity index (χ3v) is 9.76. The van der Waals surface area contributed by atoms with Crippen LogP contribution in [0.25, 0.3) is 11.1 Å². The highest BCUT2D eigenvalue weighted by molar-refractivity contribution is 5.84. The van der Waals surface area contributed by atoms with E-state index < -0.39 is 22.8 Å². The van der Waals surface area contributed by atoms with Crippen LogP contribution in [0.3, 0.4) is 0 Å². The zero-order valence-electron chi connectivity index (χ0n) is 24.6. The first-order valence-corrected chi connectivity index (χ1v) is 14.5. The van der Waals surface area contributed by atoms with Crippen molar-refractivity contribution in [2.75, 3.05) is 6.61 Å². The van der Waals surface area contributed by atoms with Crippen molar-refractivity contribution in [2.45, 2.75) is 77.6 Å². The van der Waals surface area contributed by atoms with Gasteiger partial charge in [0, 0.05) is 35.4 Å². The number of aliphatic hydroxyl groups is 2. The molecule has 1 unspecified atom stereocenters. The number of Topliss-reactive ketones (excluding diaryl/α,β-unsaturated/α-hetero) is 1. The van der Waals surface area contributed by atoms with Crippen molar-refractivity contribution in [1.82, 2.24) is 4.98 Å². The molecule has 6 nitrogen and oxygen atoms in total. The van der Waals surface area contributed by atoms with Crippen LogP contribution in [0.5, 0.6) is 11.6 Å². The monoisotopic (exact) mass is 577 g/mol. The lowest BCUT2D eigenvalue weighted by molar-refractivity contribution is -0.118. The summed E-state index contributed by atoms with van der Waals surface area (Å²) < 4.78 is 41.8. The van der Waals surface area contributed by atoms with Gasteiger partial charge in [-0.3, -0.25) is 4.79 Å². The molecule has 2 aromatic carbocycles. The fourth-order valence-electron chi connectivity index (χ4n) is 7.35. The van der Waals surface area contributed by atoms with Crippen LogP contribution in [0.1, 0.15) is 67.3 Å². The third-order valence-electron chi connectivity index (χ3n) is 9.76. The van der Waals surface area contributed by atoms with Gasteiger partial charge in [0.05, 0.1) is 17.8 Å². The van der Waals surface area contributed by atoms with E-state index in [1.165, 1.54) is 6.07 Å². The molecule has 42 heavy (non-hydrogen) atoms. The molecule has 222 valence electrons. The number of nitrogens with zero attached hydrogens (tertiary/aromatic N) is 1. The summed E-state index contributed by atoms with van der Waals surface area (Å²) in [5, 5.41) is 21.0. The normalized spacial score (nSPS) is 29.3. The average Bonchev–Trinajstić information content (AvgIpc) is 3.41. The first-order chi connectivity index (χ1) is 19.8. The number of fused-ring (bicyclic) bond motifs is 3. The lowest BCUT2D eigenvalue weighted by atomic mass is 9.90. The number of pyridine rings is 1. The number of halogens is 2. The van der Waals surface area contributed by atoms with Gasteiger partial charge in [0.1, 0.15) is 29.8 Å². The summed E-state index contributed by atoms with van der Waals surface area (Å²) in [6.45, 7) is 8.87. The molecule has 0 saturated heterocycles. The summed E-state index contributed by atoms with van der Waals surface area (Å²) in [6, 6.07) is 7.89. The molecular formula is C34H37F2NO5. The van der Waals surface area contributed by atoms with E-state index in [-0.39, 0.29) is 41.3 Å². The van der Waals surface area contributed by atoms with Gasteiger partial charge in [-0.15, -0.1) is 0 Å². The number of rotatable bonds is 8. The smallest absolute Gasteiger partial charge is 0.213 e. The lowest BCUT2D eigenvalue weighted by Gasteiger charge is -2.31. The highest BCUT2D eigenvalue weighted by Crippen LogP contribution is 2.61. The molecule has 1 heterocycles. The van der Waals surface area contributed by atoms with Crippen molar-refractivity contribution in [3.8, 4) is 22.8 Å². The van der Waals surface area contributed by atoms with Crippen molar-refractivity contribution >= 4 is 5.78 Å². The number of carbonyl (C=O) groups excluding carboxylic acids is 1. The minimum Gasteiger partial charge on any atom is -0.493 e.